The van der Waals surface area contributed by atoms with Crippen molar-refractivity contribution in [2.24, 2.45) is 0 Å². The fourth-order valence-corrected chi connectivity index (χ4v) is 8.95. The second kappa shape index (κ2) is 10.6. The van der Waals surface area contributed by atoms with Gasteiger partial charge in [0, 0.05) is 0 Å². The van der Waals surface area contributed by atoms with Gasteiger partial charge in [-0.15, -0.1) is 0 Å². The number of hydrogen-bond donors (Lipinski definition) is 1. The van der Waals surface area contributed by atoms with E-state index in [0.717, 1.165) is 0 Å². The first kappa shape index (κ1) is 21.6. The van der Waals surface area contributed by atoms with E-state index in [1.54, 1.807) is 24.3 Å². The average molecular weight is 435 g/mol. The summed E-state index contributed by atoms with van der Waals surface area (Å²) < 4.78 is 0. The van der Waals surface area contributed by atoms with Gasteiger partial charge in [-0.3, -0.25) is 0 Å². The Bertz CT molecular complexity index is 1030. The van der Waals surface area contributed by atoms with E-state index in [-0.39, 0.29) is 0 Å². The molecule has 0 fully saturated rings. The van der Waals surface area contributed by atoms with Crippen LogP contribution in [0.15, 0.2) is 152 Å². The van der Waals surface area contributed by atoms with E-state index < -0.39 is 7.26 Å². The third-order valence-electron chi connectivity index (χ3n) is 5.58. The predicted octanol–water partition coefficient (Wildman–Crippen LogP) is 5.43. The van der Waals surface area contributed by atoms with Crippen LogP contribution in [0.25, 0.3) is 0 Å². The van der Waals surface area contributed by atoms with E-state index in [9.17, 15) is 0 Å². The number of phenols is 1. The molecule has 0 aliphatic heterocycles. The normalized spacial score (nSPS) is 11.1. The fraction of sp³-hybridized carbons (Fsp3) is 0. The summed E-state index contributed by atoms with van der Waals surface area (Å²) in [6.45, 7) is 0. The second-order valence-electron chi connectivity index (χ2n) is 7.55. The fourth-order valence-electron chi connectivity index (χ4n) is 4.18. The SMILES string of the molecule is Oc1ccccc1.c1ccc([PH](c2ccccc2)(c2ccccc2)c2ccccc2)cc1. The zero-order valence-corrected chi connectivity index (χ0v) is 18.9. The first-order valence-electron chi connectivity index (χ1n) is 10.8. The van der Waals surface area contributed by atoms with Crippen molar-refractivity contribution in [3.05, 3.63) is 152 Å². The van der Waals surface area contributed by atoms with Gasteiger partial charge in [0.25, 0.3) is 0 Å². The van der Waals surface area contributed by atoms with Gasteiger partial charge in [-0.05, 0) is 12.1 Å². The Hall–Kier alpha value is -3.67. The maximum absolute atomic E-state index is 8.63. The Kier molecular flexibility index (Phi) is 7.12. The van der Waals surface area contributed by atoms with Crippen molar-refractivity contribution in [3.8, 4) is 5.75 Å². The summed E-state index contributed by atoms with van der Waals surface area (Å²) in [4.78, 5) is 0. The Morgan fingerprint density at radius 2 is 0.531 bits per heavy atom. The molecule has 5 rings (SSSR count). The monoisotopic (exact) mass is 434 g/mol. The molecule has 1 nitrogen and oxygen atoms in total. The molecule has 0 saturated carbocycles. The Morgan fingerprint density at radius 3 is 0.719 bits per heavy atom. The summed E-state index contributed by atoms with van der Waals surface area (Å²) >= 11 is 0. The Labute approximate surface area is 191 Å². The standard InChI is InChI=1S/C24H21P.C6H6O/c1-5-13-21(14-6-1)25(22-15-7-2-8-16-22,23-17-9-3-10-18-23)24-19-11-4-12-20-24;7-6-4-2-1-3-5-6/h1-20,25H;1-5,7H. The number of phenolic OH excluding ortho intramolecular Hbond substituents is 1. The molecule has 0 spiro atoms. The molecule has 158 valence electrons. The summed E-state index contributed by atoms with van der Waals surface area (Å²) in [6.07, 6.45) is 0. The van der Waals surface area contributed by atoms with Crippen molar-refractivity contribution >= 4 is 28.5 Å². The van der Waals surface area contributed by atoms with Crippen molar-refractivity contribution in [2.45, 2.75) is 0 Å². The molecule has 0 amide bonds. The van der Waals surface area contributed by atoms with Gasteiger partial charge < -0.3 is 5.11 Å². The van der Waals surface area contributed by atoms with Crippen LogP contribution in [0.2, 0.25) is 0 Å². The summed E-state index contributed by atoms with van der Waals surface area (Å²) in [5, 5.41) is 14.3. The molecule has 5 aromatic rings. The van der Waals surface area contributed by atoms with Crippen LogP contribution in [0.1, 0.15) is 0 Å². The van der Waals surface area contributed by atoms with Crippen LogP contribution in [-0.4, -0.2) is 5.11 Å². The molecule has 0 bridgehead atoms. The topological polar surface area (TPSA) is 20.2 Å². The van der Waals surface area contributed by atoms with Crippen molar-refractivity contribution in [1.29, 1.82) is 0 Å². The average Bonchev–Trinajstić information content (AvgIpc) is 2.88. The van der Waals surface area contributed by atoms with Gasteiger partial charge >= 0.3 is 150 Å². The molecule has 0 aromatic heterocycles. The van der Waals surface area contributed by atoms with E-state index in [1.165, 1.54) is 21.2 Å². The summed E-state index contributed by atoms with van der Waals surface area (Å²) in [5.41, 5.74) is 0. The molecule has 0 heterocycles. The van der Waals surface area contributed by atoms with E-state index in [1.807, 2.05) is 6.07 Å². The molecule has 32 heavy (non-hydrogen) atoms. The van der Waals surface area contributed by atoms with Gasteiger partial charge in [0.2, 0.25) is 0 Å². The molecule has 0 atom stereocenters. The maximum atomic E-state index is 8.63. The molecule has 0 radical (unpaired) electrons. The third kappa shape index (κ3) is 4.64. The number of para-hydroxylation sites is 1. The van der Waals surface area contributed by atoms with Gasteiger partial charge in [0.15, 0.2) is 0 Å². The van der Waals surface area contributed by atoms with Crippen LogP contribution < -0.4 is 21.2 Å². The van der Waals surface area contributed by atoms with Crippen LogP contribution in [-0.2, 0) is 0 Å². The third-order valence-corrected chi connectivity index (χ3v) is 10.4. The molecule has 0 saturated heterocycles. The Morgan fingerprint density at radius 1 is 0.312 bits per heavy atom. The van der Waals surface area contributed by atoms with Gasteiger partial charge in [-0.2, -0.15) is 0 Å². The second-order valence-corrected chi connectivity index (χ2v) is 11.4. The first-order valence-corrected chi connectivity index (χ1v) is 12.8. The van der Waals surface area contributed by atoms with Crippen LogP contribution in [0, 0.1) is 0 Å². The van der Waals surface area contributed by atoms with E-state index in [2.05, 4.69) is 121 Å². The van der Waals surface area contributed by atoms with Crippen LogP contribution in [0.5, 0.6) is 5.75 Å². The van der Waals surface area contributed by atoms with Gasteiger partial charge in [-0.1, -0.05) is 18.2 Å². The predicted molar refractivity (Wildman–Crippen MR) is 141 cm³/mol. The van der Waals surface area contributed by atoms with Gasteiger partial charge in [0.1, 0.15) is 5.75 Å². The zero-order valence-electron chi connectivity index (χ0n) is 17.9. The van der Waals surface area contributed by atoms with E-state index in [4.69, 9.17) is 5.11 Å². The molecule has 1 N–H and O–H groups in total. The van der Waals surface area contributed by atoms with Gasteiger partial charge in [0.05, 0.1) is 0 Å². The van der Waals surface area contributed by atoms with E-state index >= 15 is 0 Å². The molecule has 0 aliphatic carbocycles. The van der Waals surface area contributed by atoms with Gasteiger partial charge in [-0.25, -0.2) is 0 Å². The molecule has 2 heteroatoms. The molecule has 0 aliphatic rings. The molecule has 5 aromatic carbocycles. The zero-order chi connectivity index (χ0) is 22.1. The number of rotatable bonds is 4. The quantitative estimate of drug-likeness (QED) is 0.374. The Balaban J connectivity index is 0.000000300. The number of benzene rings is 5. The van der Waals surface area contributed by atoms with Crippen molar-refractivity contribution < 1.29 is 5.11 Å². The van der Waals surface area contributed by atoms with Crippen molar-refractivity contribution in [3.63, 3.8) is 0 Å². The molecular weight excluding hydrogens is 407 g/mol. The molecule has 0 unspecified atom stereocenters. The summed E-state index contributed by atoms with van der Waals surface area (Å²) in [5.74, 6) is 0.322. The number of aromatic hydroxyl groups is 1. The minimum atomic E-state index is -2.30. The minimum absolute atomic E-state index is 0.322. The first-order chi connectivity index (χ1) is 15.8. The van der Waals surface area contributed by atoms with Crippen LogP contribution in [0.4, 0.5) is 0 Å². The van der Waals surface area contributed by atoms with Crippen LogP contribution in [0.3, 0.4) is 0 Å². The van der Waals surface area contributed by atoms with E-state index in [0.29, 0.717) is 5.75 Å². The molecular formula is C30H27OP. The van der Waals surface area contributed by atoms with Crippen molar-refractivity contribution in [1.82, 2.24) is 0 Å². The van der Waals surface area contributed by atoms with Crippen LogP contribution >= 0.6 is 7.26 Å². The summed E-state index contributed by atoms with van der Waals surface area (Å²) in [7, 11) is -2.30. The van der Waals surface area contributed by atoms with Crippen molar-refractivity contribution in [2.75, 3.05) is 0 Å². The number of hydrogen-bond acceptors (Lipinski definition) is 1. The summed E-state index contributed by atoms with van der Waals surface area (Å²) in [6, 6.07) is 52.7.